The van der Waals surface area contributed by atoms with E-state index in [1.807, 2.05) is 19.1 Å². The summed E-state index contributed by atoms with van der Waals surface area (Å²) < 4.78 is 0.965. The maximum absolute atomic E-state index is 11.4. The molecule has 0 amide bonds. The van der Waals surface area contributed by atoms with Crippen LogP contribution in [0.2, 0.25) is 0 Å². The molecular formula is C10H9BrN2O. The maximum atomic E-state index is 11.4. The van der Waals surface area contributed by atoms with E-state index >= 15 is 0 Å². The lowest BCUT2D eigenvalue weighted by atomic mass is 10.1. The van der Waals surface area contributed by atoms with Crippen molar-refractivity contribution in [3.63, 3.8) is 0 Å². The third kappa shape index (κ3) is 1.46. The van der Waals surface area contributed by atoms with E-state index in [9.17, 15) is 4.79 Å². The molecule has 14 heavy (non-hydrogen) atoms. The van der Waals surface area contributed by atoms with E-state index in [4.69, 9.17) is 0 Å². The highest BCUT2D eigenvalue weighted by Crippen LogP contribution is 2.19. The van der Waals surface area contributed by atoms with E-state index in [2.05, 4.69) is 26.1 Å². The Labute approximate surface area is 89.3 Å². The number of nitrogens with one attached hydrogen (secondary N) is 1. The standard InChI is InChI=1S/C10H9BrN2O/c1-2-9-8-5-6(11)3-4-7(8)10(14)13-12-9/h3-5H,2H2,1H3,(H,13,14). The van der Waals surface area contributed by atoms with Crippen LogP contribution in [0.1, 0.15) is 12.6 Å². The molecule has 0 fully saturated rings. The molecule has 4 heteroatoms. The molecule has 1 aromatic heterocycles. The largest absolute Gasteiger partial charge is 0.272 e. The van der Waals surface area contributed by atoms with Crippen LogP contribution in [-0.4, -0.2) is 10.2 Å². The zero-order valence-electron chi connectivity index (χ0n) is 7.67. The van der Waals surface area contributed by atoms with Gasteiger partial charge in [-0.3, -0.25) is 4.79 Å². The summed E-state index contributed by atoms with van der Waals surface area (Å²) in [6.45, 7) is 2.01. The van der Waals surface area contributed by atoms with E-state index in [0.717, 1.165) is 22.0 Å². The second-order valence-corrected chi connectivity index (χ2v) is 3.96. The van der Waals surface area contributed by atoms with Gasteiger partial charge in [0.2, 0.25) is 0 Å². The van der Waals surface area contributed by atoms with E-state index in [-0.39, 0.29) is 5.56 Å². The van der Waals surface area contributed by atoms with Crippen molar-refractivity contribution in [2.75, 3.05) is 0 Å². The number of hydrogen-bond acceptors (Lipinski definition) is 2. The average Bonchev–Trinajstić information content (AvgIpc) is 2.18. The van der Waals surface area contributed by atoms with Crippen molar-refractivity contribution >= 4 is 26.7 Å². The Morgan fingerprint density at radius 1 is 1.43 bits per heavy atom. The summed E-state index contributed by atoms with van der Waals surface area (Å²) in [4.78, 5) is 11.4. The number of fused-ring (bicyclic) bond motifs is 1. The first-order chi connectivity index (χ1) is 6.72. The van der Waals surface area contributed by atoms with Crippen molar-refractivity contribution in [2.45, 2.75) is 13.3 Å². The molecule has 0 bridgehead atoms. The fourth-order valence-electron chi connectivity index (χ4n) is 1.46. The summed E-state index contributed by atoms with van der Waals surface area (Å²) in [6, 6.07) is 5.59. The zero-order valence-corrected chi connectivity index (χ0v) is 9.26. The Hall–Kier alpha value is -1.16. The molecule has 0 saturated heterocycles. The molecule has 0 aliphatic heterocycles. The molecule has 1 heterocycles. The predicted molar refractivity (Wildman–Crippen MR) is 59.4 cm³/mol. The third-order valence-electron chi connectivity index (χ3n) is 2.16. The van der Waals surface area contributed by atoms with Gasteiger partial charge in [0.05, 0.1) is 11.1 Å². The molecule has 1 N–H and O–H groups in total. The number of aromatic amines is 1. The van der Waals surface area contributed by atoms with E-state index in [1.165, 1.54) is 0 Å². The molecule has 72 valence electrons. The number of aryl methyl sites for hydroxylation is 1. The second kappa shape index (κ2) is 3.53. The van der Waals surface area contributed by atoms with Crippen LogP contribution in [0.25, 0.3) is 10.8 Å². The van der Waals surface area contributed by atoms with Gasteiger partial charge in [0.25, 0.3) is 5.56 Å². The molecule has 0 saturated carbocycles. The van der Waals surface area contributed by atoms with Crippen molar-refractivity contribution in [1.82, 2.24) is 10.2 Å². The number of halogens is 1. The first-order valence-electron chi connectivity index (χ1n) is 4.39. The lowest BCUT2D eigenvalue weighted by molar-refractivity contribution is 0.918. The van der Waals surface area contributed by atoms with Gasteiger partial charge in [-0.05, 0) is 24.6 Å². The molecule has 0 aliphatic rings. The summed E-state index contributed by atoms with van der Waals surface area (Å²) in [5.74, 6) is 0. The van der Waals surface area contributed by atoms with Crippen LogP contribution >= 0.6 is 15.9 Å². The molecular weight excluding hydrogens is 244 g/mol. The zero-order chi connectivity index (χ0) is 10.1. The summed E-state index contributed by atoms with van der Waals surface area (Å²) in [7, 11) is 0. The summed E-state index contributed by atoms with van der Waals surface area (Å²) in [5, 5.41) is 8.12. The quantitative estimate of drug-likeness (QED) is 0.847. The summed E-state index contributed by atoms with van der Waals surface area (Å²) in [5.41, 5.74) is 0.783. The van der Waals surface area contributed by atoms with Gasteiger partial charge in [-0.2, -0.15) is 5.10 Å². The molecule has 2 aromatic rings. The number of rotatable bonds is 1. The Morgan fingerprint density at radius 3 is 2.93 bits per heavy atom. The first-order valence-corrected chi connectivity index (χ1v) is 5.18. The molecule has 0 aliphatic carbocycles. The number of aromatic nitrogens is 2. The normalized spacial score (nSPS) is 10.7. The number of hydrogen-bond donors (Lipinski definition) is 1. The highest BCUT2D eigenvalue weighted by molar-refractivity contribution is 9.10. The summed E-state index contributed by atoms with van der Waals surface area (Å²) in [6.07, 6.45) is 0.809. The fraction of sp³-hybridized carbons (Fsp3) is 0.200. The van der Waals surface area contributed by atoms with Gasteiger partial charge < -0.3 is 0 Å². The van der Waals surface area contributed by atoms with Gasteiger partial charge in [0.15, 0.2) is 0 Å². The van der Waals surface area contributed by atoms with Crippen LogP contribution in [0, 0.1) is 0 Å². The lowest BCUT2D eigenvalue weighted by Crippen LogP contribution is -2.10. The second-order valence-electron chi connectivity index (χ2n) is 3.04. The maximum Gasteiger partial charge on any atom is 0.272 e. The molecule has 1 aromatic carbocycles. The number of benzene rings is 1. The van der Waals surface area contributed by atoms with Gasteiger partial charge in [0, 0.05) is 9.86 Å². The third-order valence-corrected chi connectivity index (χ3v) is 2.66. The predicted octanol–water partition coefficient (Wildman–Crippen LogP) is 2.25. The molecule has 0 spiro atoms. The first kappa shape index (κ1) is 9.40. The molecule has 3 nitrogen and oxygen atoms in total. The minimum atomic E-state index is -0.135. The molecule has 2 rings (SSSR count). The monoisotopic (exact) mass is 252 g/mol. The van der Waals surface area contributed by atoms with Crippen molar-refractivity contribution in [1.29, 1.82) is 0 Å². The van der Waals surface area contributed by atoms with Crippen LogP contribution in [-0.2, 0) is 6.42 Å². The van der Waals surface area contributed by atoms with E-state index in [1.54, 1.807) is 6.07 Å². The molecule has 0 atom stereocenters. The van der Waals surface area contributed by atoms with E-state index in [0.29, 0.717) is 5.39 Å². The minimum Gasteiger partial charge on any atom is -0.267 e. The Bertz CT molecular complexity index is 533. The smallest absolute Gasteiger partial charge is 0.267 e. The van der Waals surface area contributed by atoms with Crippen LogP contribution < -0.4 is 5.56 Å². The van der Waals surface area contributed by atoms with Crippen molar-refractivity contribution in [3.8, 4) is 0 Å². The van der Waals surface area contributed by atoms with Gasteiger partial charge in [-0.15, -0.1) is 0 Å². The summed E-state index contributed by atoms with van der Waals surface area (Å²) >= 11 is 3.38. The van der Waals surface area contributed by atoms with Crippen LogP contribution in [0.5, 0.6) is 0 Å². The van der Waals surface area contributed by atoms with Gasteiger partial charge in [-0.1, -0.05) is 22.9 Å². The lowest BCUT2D eigenvalue weighted by Gasteiger charge is -2.02. The topological polar surface area (TPSA) is 45.8 Å². The fourth-order valence-corrected chi connectivity index (χ4v) is 1.82. The van der Waals surface area contributed by atoms with Gasteiger partial charge >= 0.3 is 0 Å². The van der Waals surface area contributed by atoms with Crippen LogP contribution in [0.15, 0.2) is 27.5 Å². The molecule has 0 radical (unpaired) electrons. The molecule has 0 unspecified atom stereocenters. The van der Waals surface area contributed by atoms with Crippen LogP contribution in [0.3, 0.4) is 0 Å². The highest BCUT2D eigenvalue weighted by atomic mass is 79.9. The number of H-pyrrole nitrogens is 1. The Kier molecular flexibility index (Phi) is 2.37. The minimum absolute atomic E-state index is 0.135. The van der Waals surface area contributed by atoms with Crippen molar-refractivity contribution in [2.24, 2.45) is 0 Å². The Morgan fingerprint density at radius 2 is 2.21 bits per heavy atom. The highest BCUT2D eigenvalue weighted by Gasteiger charge is 2.04. The van der Waals surface area contributed by atoms with Gasteiger partial charge in [-0.25, -0.2) is 5.10 Å². The van der Waals surface area contributed by atoms with Crippen molar-refractivity contribution < 1.29 is 0 Å². The van der Waals surface area contributed by atoms with Gasteiger partial charge in [0.1, 0.15) is 0 Å². The van der Waals surface area contributed by atoms with E-state index < -0.39 is 0 Å². The van der Waals surface area contributed by atoms with Crippen molar-refractivity contribution in [3.05, 3.63) is 38.7 Å². The average molecular weight is 253 g/mol. The SMILES string of the molecule is CCc1n[nH]c(=O)c2ccc(Br)cc12. The Balaban J connectivity index is 2.92. The van der Waals surface area contributed by atoms with Crippen LogP contribution in [0.4, 0.5) is 0 Å². The number of nitrogens with zero attached hydrogens (tertiary/aromatic N) is 1.